The number of carbonyl (C=O) groups excluding carboxylic acids is 4. The van der Waals surface area contributed by atoms with E-state index in [1.54, 1.807) is 54.6 Å². The van der Waals surface area contributed by atoms with E-state index in [4.69, 9.17) is 23.2 Å². The molecule has 0 bridgehead atoms. The fourth-order valence-corrected chi connectivity index (χ4v) is 9.30. The van der Waals surface area contributed by atoms with Gasteiger partial charge in [-0.05, 0) is 60.9 Å². The maximum absolute atomic E-state index is 15.3. The Morgan fingerprint density at radius 1 is 1.05 bits per heavy atom. The summed E-state index contributed by atoms with van der Waals surface area (Å²) in [4.78, 5) is 74.1. The number of likely N-dealkylation sites (tertiary alicyclic amines) is 1. The molecule has 3 N–H and O–H groups in total. The summed E-state index contributed by atoms with van der Waals surface area (Å²) in [6.45, 7) is 3.67. The van der Waals surface area contributed by atoms with E-state index in [2.05, 4.69) is 17.0 Å². The predicted molar refractivity (Wildman–Crippen MR) is 192 cm³/mol. The van der Waals surface area contributed by atoms with Crippen LogP contribution in [0.1, 0.15) is 53.9 Å². The Hall–Kier alpha value is -5.21. The number of nitrogens with one attached hydrogen (secondary N) is 1. The number of imide groups is 2. The zero-order valence-electron chi connectivity index (χ0n) is 28.9. The van der Waals surface area contributed by atoms with Crippen molar-refractivity contribution in [2.45, 2.75) is 49.6 Å². The molecule has 16 heteroatoms. The van der Waals surface area contributed by atoms with Crippen molar-refractivity contribution >= 4 is 58.6 Å². The standard InChI is InChI=1S/C39H33Cl2F3N4O7/c1-2-5-19-6-3-7-25(32(19)51)31-23-13-14-24-30(36(54)47(34(24)52)15-4-8-29(49)50)26(23)17-27-35(53)48(37(55)38(27,31)20-9-11-22(40)12-10-20)46-33-28(41)16-21(18-45-33)39(42,43)44/h2-3,6-7,9-13,16,18,24,26-27,30-31,51H,1,4-5,8,14-15,17H2,(H,45,46)(H,49,50)/t24-,26+,27-,30-,31+,38+/m0/s1. The molecule has 0 radical (unpaired) electrons. The summed E-state index contributed by atoms with van der Waals surface area (Å²) in [5, 5.41) is 21.6. The lowest BCUT2D eigenvalue weighted by atomic mass is 9.49. The number of benzene rings is 2. The number of hydrogen-bond acceptors (Lipinski definition) is 8. The molecule has 11 nitrogen and oxygen atoms in total. The highest BCUT2D eigenvalue weighted by Crippen LogP contribution is 2.65. The Labute approximate surface area is 322 Å². The van der Waals surface area contributed by atoms with Crippen LogP contribution in [0.25, 0.3) is 0 Å². The number of carboxylic acids is 1. The molecule has 2 aliphatic heterocycles. The van der Waals surface area contributed by atoms with Crippen molar-refractivity contribution in [3.05, 3.63) is 111 Å². The van der Waals surface area contributed by atoms with Crippen LogP contribution in [0.2, 0.25) is 10.0 Å². The summed E-state index contributed by atoms with van der Waals surface area (Å²) in [5.74, 6) is -9.22. The van der Waals surface area contributed by atoms with Crippen molar-refractivity contribution in [2.75, 3.05) is 12.0 Å². The minimum Gasteiger partial charge on any atom is -0.507 e. The number of rotatable bonds is 10. The van der Waals surface area contributed by atoms with Crippen LogP contribution in [0.15, 0.2) is 79.0 Å². The molecule has 2 aliphatic carbocycles. The lowest BCUT2D eigenvalue weighted by Crippen LogP contribution is -2.53. The molecule has 1 saturated carbocycles. The molecule has 1 aromatic heterocycles. The average molecular weight is 798 g/mol. The van der Waals surface area contributed by atoms with Gasteiger partial charge in [0.1, 0.15) is 5.75 Å². The maximum atomic E-state index is 15.3. The van der Waals surface area contributed by atoms with Gasteiger partial charge in [-0.1, -0.05) is 71.3 Å². The van der Waals surface area contributed by atoms with E-state index in [1.807, 2.05) is 0 Å². The molecule has 3 fully saturated rings. The second kappa shape index (κ2) is 14.1. The van der Waals surface area contributed by atoms with Crippen LogP contribution in [-0.4, -0.2) is 61.2 Å². The van der Waals surface area contributed by atoms with Gasteiger partial charge < -0.3 is 10.2 Å². The van der Waals surface area contributed by atoms with Crippen molar-refractivity contribution in [3.8, 4) is 5.75 Å². The highest BCUT2D eigenvalue weighted by Gasteiger charge is 2.70. The van der Waals surface area contributed by atoms with Gasteiger partial charge in [0, 0.05) is 35.7 Å². The Morgan fingerprint density at radius 2 is 1.78 bits per heavy atom. The molecule has 3 aromatic rings. The summed E-state index contributed by atoms with van der Waals surface area (Å²) in [6, 6.07) is 11.9. The molecule has 3 heterocycles. The number of phenols is 1. The molecule has 7 rings (SSSR count). The number of hydrazine groups is 1. The number of aromatic nitrogens is 1. The van der Waals surface area contributed by atoms with Crippen molar-refractivity contribution in [2.24, 2.45) is 23.7 Å². The number of para-hydroxylation sites is 1. The smallest absolute Gasteiger partial charge is 0.417 e. The largest absolute Gasteiger partial charge is 0.507 e. The first-order chi connectivity index (χ1) is 26.1. The van der Waals surface area contributed by atoms with Gasteiger partial charge in [-0.15, -0.1) is 6.58 Å². The van der Waals surface area contributed by atoms with E-state index >= 15 is 4.79 Å². The number of aliphatic carboxylic acids is 1. The molecule has 55 heavy (non-hydrogen) atoms. The van der Waals surface area contributed by atoms with Crippen LogP contribution in [0.3, 0.4) is 0 Å². The molecular weight excluding hydrogens is 764 g/mol. The number of amides is 4. The summed E-state index contributed by atoms with van der Waals surface area (Å²) < 4.78 is 40.4. The van der Waals surface area contributed by atoms with Gasteiger partial charge in [-0.25, -0.2) is 4.98 Å². The number of halogens is 5. The highest BCUT2D eigenvalue weighted by atomic mass is 35.5. The van der Waals surface area contributed by atoms with Crippen LogP contribution in [-0.2, 0) is 42.0 Å². The van der Waals surface area contributed by atoms with E-state index in [1.165, 1.54) is 0 Å². The Bertz CT molecular complexity index is 2180. The van der Waals surface area contributed by atoms with E-state index in [0.717, 1.165) is 4.90 Å². The maximum Gasteiger partial charge on any atom is 0.417 e. The molecule has 4 amide bonds. The van der Waals surface area contributed by atoms with Crippen molar-refractivity contribution in [1.82, 2.24) is 14.9 Å². The average Bonchev–Trinajstić information content (AvgIpc) is 3.50. The molecule has 286 valence electrons. The third-order valence-electron chi connectivity index (χ3n) is 11.2. The van der Waals surface area contributed by atoms with Gasteiger partial charge in [0.05, 0.1) is 33.8 Å². The van der Waals surface area contributed by atoms with Crippen LogP contribution in [0.4, 0.5) is 19.0 Å². The van der Waals surface area contributed by atoms with E-state index in [-0.39, 0.29) is 50.0 Å². The predicted octanol–water partition coefficient (Wildman–Crippen LogP) is 6.69. The van der Waals surface area contributed by atoms with Crippen LogP contribution >= 0.6 is 23.2 Å². The van der Waals surface area contributed by atoms with Crippen molar-refractivity contribution < 1.29 is 47.4 Å². The van der Waals surface area contributed by atoms with Crippen LogP contribution in [0, 0.1) is 23.7 Å². The molecule has 0 spiro atoms. The van der Waals surface area contributed by atoms with Gasteiger partial charge in [-0.2, -0.15) is 18.2 Å². The van der Waals surface area contributed by atoms with E-state index < -0.39 is 87.2 Å². The Kier molecular flexibility index (Phi) is 9.79. The third-order valence-corrected chi connectivity index (χ3v) is 11.8. The lowest BCUT2D eigenvalue weighted by molar-refractivity contribution is -0.142. The number of nitrogens with zero attached hydrogens (tertiary/aromatic N) is 3. The first-order valence-corrected chi connectivity index (χ1v) is 18.2. The van der Waals surface area contributed by atoms with Gasteiger partial charge in [0.15, 0.2) is 5.82 Å². The normalized spacial score (nSPS) is 26.1. The molecule has 6 atom stereocenters. The van der Waals surface area contributed by atoms with Crippen LogP contribution in [0.5, 0.6) is 5.75 Å². The highest BCUT2D eigenvalue weighted by molar-refractivity contribution is 6.33. The molecular formula is C39H33Cl2F3N4O7. The van der Waals surface area contributed by atoms with Gasteiger partial charge in [0.25, 0.3) is 11.8 Å². The zero-order chi connectivity index (χ0) is 39.6. The monoisotopic (exact) mass is 796 g/mol. The number of pyridine rings is 1. The van der Waals surface area contributed by atoms with Crippen LogP contribution < -0.4 is 5.43 Å². The fourth-order valence-electron chi connectivity index (χ4n) is 8.97. The second-order valence-corrected chi connectivity index (χ2v) is 14.9. The SMILES string of the molecule is C=CCc1cccc([C@H]2C3=CC[C@@H]4C(=O)N(CCCC(=O)O)C(=O)[C@@H]4[C@@H]3C[C@H]3C(=O)N(Nc4ncc(C(F)(F)F)cc4Cl)C(=O)[C@@]23c2ccc(Cl)cc2)c1O. The molecule has 4 aliphatic rings. The number of carboxylic acid groups (broad SMARTS) is 1. The quantitative estimate of drug-likeness (QED) is 0.150. The minimum absolute atomic E-state index is 0.0419. The van der Waals surface area contributed by atoms with Gasteiger partial charge >= 0.3 is 12.1 Å². The molecule has 2 saturated heterocycles. The number of carbonyl (C=O) groups is 5. The first-order valence-electron chi connectivity index (χ1n) is 17.4. The number of allylic oxidation sites excluding steroid dienone is 3. The summed E-state index contributed by atoms with van der Waals surface area (Å²) in [7, 11) is 0. The number of alkyl halides is 3. The molecule has 0 unspecified atom stereocenters. The number of aromatic hydroxyl groups is 1. The Balaban J connectivity index is 1.42. The number of hydrogen-bond donors (Lipinski definition) is 3. The number of phenolic OH excluding ortho intramolecular Hbond substituents is 1. The van der Waals surface area contributed by atoms with E-state index in [9.17, 15) is 42.6 Å². The van der Waals surface area contributed by atoms with Gasteiger partial charge in [0.2, 0.25) is 11.8 Å². The summed E-state index contributed by atoms with van der Waals surface area (Å²) in [5.41, 5.74) is 1.20. The minimum atomic E-state index is -4.77. The topological polar surface area (TPSA) is 157 Å². The fraction of sp³-hybridized carbons (Fsp3) is 0.333. The number of anilines is 1. The molecule has 2 aromatic carbocycles. The number of fused-ring (bicyclic) bond motifs is 4. The third kappa shape index (κ3) is 6.15. The van der Waals surface area contributed by atoms with E-state index in [0.29, 0.717) is 39.0 Å². The van der Waals surface area contributed by atoms with Crippen molar-refractivity contribution in [1.29, 1.82) is 0 Å². The Morgan fingerprint density at radius 3 is 2.44 bits per heavy atom. The zero-order valence-corrected chi connectivity index (χ0v) is 30.4. The summed E-state index contributed by atoms with van der Waals surface area (Å²) >= 11 is 12.5. The first kappa shape index (κ1) is 38.1. The summed E-state index contributed by atoms with van der Waals surface area (Å²) in [6.07, 6.45) is -0.878. The second-order valence-electron chi connectivity index (χ2n) is 14.1. The lowest BCUT2D eigenvalue weighted by Gasteiger charge is -2.50. The van der Waals surface area contributed by atoms with Crippen molar-refractivity contribution in [3.63, 3.8) is 0 Å². The van der Waals surface area contributed by atoms with Gasteiger partial charge in [-0.3, -0.25) is 34.3 Å².